The number of hydrogen-bond donors (Lipinski definition) is 0. The summed E-state index contributed by atoms with van der Waals surface area (Å²) in [5.41, 5.74) is -0.949. The molecule has 2 aromatic rings. The van der Waals surface area contributed by atoms with Gasteiger partial charge >= 0.3 is 6.18 Å². The molecule has 0 amide bonds. The Kier molecular flexibility index (Phi) is 4.32. The molecule has 0 fully saturated rings. The Morgan fingerprint density at radius 1 is 1.24 bits per heavy atom. The number of nitrogens with zero attached hydrogens (tertiary/aromatic N) is 2. The van der Waals surface area contributed by atoms with Gasteiger partial charge in [0.05, 0.1) is 11.1 Å². The van der Waals surface area contributed by atoms with Crippen molar-refractivity contribution in [3.05, 3.63) is 46.6 Å². The van der Waals surface area contributed by atoms with E-state index in [-0.39, 0.29) is 16.8 Å². The number of alkyl halides is 3. The third-order valence-electron chi connectivity index (χ3n) is 2.66. The minimum absolute atomic E-state index is 0.0391. The van der Waals surface area contributed by atoms with Gasteiger partial charge in [-0.15, -0.1) is 0 Å². The maximum atomic E-state index is 13.2. The summed E-state index contributed by atoms with van der Waals surface area (Å²) in [6, 6.07) is 2.34. The third kappa shape index (κ3) is 3.41. The zero-order valence-corrected chi connectivity index (χ0v) is 11.5. The monoisotopic (exact) mass is 320 g/mol. The average Bonchev–Trinajstić information content (AvgIpc) is 2.40. The second kappa shape index (κ2) is 5.85. The van der Waals surface area contributed by atoms with E-state index >= 15 is 0 Å². The molecule has 1 aromatic heterocycles. The van der Waals surface area contributed by atoms with Gasteiger partial charge in [0.15, 0.2) is 0 Å². The number of halogens is 5. The van der Waals surface area contributed by atoms with Crippen LogP contribution in [0.25, 0.3) is 0 Å². The molecular weight excluding hydrogens is 312 g/mol. The molecule has 1 heterocycles. The SMILES string of the molecule is CCc1c(Cl)ncnc1Oc1ccc(F)c(C(F)(F)F)c1. The lowest BCUT2D eigenvalue weighted by atomic mass is 10.2. The van der Waals surface area contributed by atoms with Crippen LogP contribution in [0, 0.1) is 5.82 Å². The van der Waals surface area contributed by atoms with E-state index in [1.54, 1.807) is 6.92 Å². The summed E-state index contributed by atoms with van der Waals surface area (Å²) in [5, 5.41) is 0.153. The van der Waals surface area contributed by atoms with Gasteiger partial charge in [0, 0.05) is 0 Å². The molecule has 0 bridgehead atoms. The van der Waals surface area contributed by atoms with E-state index in [1.807, 2.05) is 0 Å². The summed E-state index contributed by atoms with van der Waals surface area (Å²) >= 11 is 5.85. The first kappa shape index (κ1) is 15.5. The first-order valence-corrected chi connectivity index (χ1v) is 6.24. The Labute approximate surface area is 122 Å². The second-order valence-corrected chi connectivity index (χ2v) is 4.40. The molecule has 0 atom stereocenters. The van der Waals surface area contributed by atoms with E-state index in [0.29, 0.717) is 24.1 Å². The number of aromatic nitrogens is 2. The molecule has 3 nitrogen and oxygen atoms in total. The lowest BCUT2D eigenvalue weighted by Crippen LogP contribution is -2.08. The zero-order chi connectivity index (χ0) is 15.6. The van der Waals surface area contributed by atoms with E-state index in [2.05, 4.69) is 9.97 Å². The summed E-state index contributed by atoms with van der Waals surface area (Å²) < 4.78 is 56.4. The summed E-state index contributed by atoms with van der Waals surface area (Å²) in [6.07, 6.45) is -3.24. The van der Waals surface area contributed by atoms with Gasteiger partial charge in [-0.05, 0) is 24.6 Å². The number of hydrogen-bond acceptors (Lipinski definition) is 3. The Bertz CT molecular complexity index is 661. The van der Waals surface area contributed by atoms with Crippen LogP contribution in [0.3, 0.4) is 0 Å². The third-order valence-corrected chi connectivity index (χ3v) is 2.99. The van der Waals surface area contributed by atoms with Crippen molar-refractivity contribution in [2.75, 3.05) is 0 Å². The van der Waals surface area contributed by atoms with Crippen molar-refractivity contribution in [3.63, 3.8) is 0 Å². The van der Waals surface area contributed by atoms with Crippen LogP contribution in [-0.4, -0.2) is 9.97 Å². The van der Waals surface area contributed by atoms with Crippen molar-refractivity contribution in [1.29, 1.82) is 0 Å². The Balaban J connectivity index is 2.39. The standard InChI is InChI=1S/C13H9ClF4N2O/c1-2-8-11(14)19-6-20-12(8)21-7-3-4-10(15)9(5-7)13(16,17)18/h3-6H,2H2,1H3. The largest absolute Gasteiger partial charge is 0.439 e. The summed E-state index contributed by atoms with van der Waals surface area (Å²) in [7, 11) is 0. The number of benzene rings is 1. The molecule has 0 aliphatic heterocycles. The van der Waals surface area contributed by atoms with Crippen molar-refractivity contribution in [2.24, 2.45) is 0 Å². The van der Waals surface area contributed by atoms with Crippen molar-refractivity contribution < 1.29 is 22.3 Å². The predicted octanol–water partition coefficient (Wildman–Crippen LogP) is 4.64. The first-order chi connectivity index (χ1) is 9.82. The molecule has 0 aliphatic carbocycles. The molecule has 0 spiro atoms. The van der Waals surface area contributed by atoms with E-state index in [9.17, 15) is 17.6 Å². The quantitative estimate of drug-likeness (QED) is 0.610. The Morgan fingerprint density at radius 2 is 1.95 bits per heavy atom. The highest BCUT2D eigenvalue weighted by Gasteiger charge is 2.34. The summed E-state index contributed by atoms with van der Waals surface area (Å²) in [5.74, 6) is -1.52. The van der Waals surface area contributed by atoms with Gasteiger partial charge in [-0.25, -0.2) is 14.4 Å². The molecule has 0 N–H and O–H groups in total. The van der Waals surface area contributed by atoms with E-state index in [1.165, 1.54) is 0 Å². The van der Waals surface area contributed by atoms with Crippen LogP contribution < -0.4 is 4.74 Å². The average molecular weight is 321 g/mol. The normalized spacial score (nSPS) is 11.5. The molecule has 0 aliphatic rings. The molecule has 0 saturated carbocycles. The Morgan fingerprint density at radius 3 is 2.57 bits per heavy atom. The molecule has 8 heteroatoms. The molecule has 1 aromatic carbocycles. The smallest absolute Gasteiger partial charge is 0.419 e. The fraction of sp³-hybridized carbons (Fsp3) is 0.231. The summed E-state index contributed by atoms with van der Waals surface area (Å²) in [4.78, 5) is 7.58. The maximum Gasteiger partial charge on any atom is 0.419 e. The van der Waals surface area contributed by atoms with E-state index in [0.717, 1.165) is 12.4 Å². The molecule has 2 rings (SSSR count). The van der Waals surface area contributed by atoms with Gasteiger partial charge in [0.25, 0.3) is 0 Å². The van der Waals surface area contributed by atoms with E-state index in [4.69, 9.17) is 16.3 Å². The number of ether oxygens (including phenoxy) is 1. The van der Waals surface area contributed by atoms with Gasteiger partial charge < -0.3 is 4.74 Å². The van der Waals surface area contributed by atoms with Crippen LogP contribution in [0.1, 0.15) is 18.1 Å². The minimum atomic E-state index is -4.81. The molecule has 21 heavy (non-hydrogen) atoms. The van der Waals surface area contributed by atoms with Crippen LogP contribution in [0.2, 0.25) is 5.15 Å². The van der Waals surface area contributed by atoms with Gasteiger partial charge in [0.1, 0.15) is 23.0 Å². The van der Waals surface area contributed by atoms with Crippen LogP contribution in [-0.2, 0) is 12.6 Å². The highest BCUT2D eigenvalue weighted by molar-refractivity contribution is 6.30. The van der Waals surface area contributed by atoms with Crippen molar-refractivity contribution in [2.45, 2.75) is 19.5 Å². The van der Waals surface area contributed by atoms with Gasteiger partial charge in [-0.1, -0.05) is 18.5 Å². The van der Waals surface area contributed by atoms with Crippen LogP contribution in [0.15, 0.2) is 24.5 Å². The fourth-order valence-electron chi connectivity index (χ4n) is 1.66. The van der Waals surface area contributed by atoms with Crippen LogP contribution >= 0.6 is 11.6 Å². The zero-order valence-electron chi connectivity index (χ0n) is 10.7. The van der Waals surface area contributed by atoms with E-state index < -0.39 is 17.6 Å². The minimum Gasteiger partial charge on any atom is -0.439 e. The first-order valence-electron chi connectivity index (χ1n) is 5.87. The molecule has 0 unspecified atom stereocenters. The molecule has 112 valence electrons. The van der Waals surface area contributed by atoms with Gasteiger partial charge in [-0.2, -0.15) is 13.2 Å². The lowest BCUT2D eigenvalue weighted by molar-refractivity contribution is -0.140. The van der Waals surface area contributed by atoms with Crippen LogP contribution in [0.5, 0.6) is 11.6 Å². The Hall–Kier alpha value is -1.89. The lowest BCUT2D eigenvalue weighted by Gasteiger charge is -2.12. The maximum absolute atomic E-state index is 13.2. The molecule has 0 radical (unpaired) electrons. The number of rotatable bonds is 3. The van der Waals surface area contributed by atoms with Crippen LogP contribution in [0.4, 0.5) is 17.6 Å². The van der Waals surface area contributed by atoms with Gasteiger partial charge in [0.2, 0.25) is 5.88 Å². The highest BCUT2D eigenvalue weighted by Crippen LogP contribution is 2.35. The second-order valence-electron chi connectivity index (χ2n) is 4.04. The van der Waals surface area contributed by atoms with Crippen molar-refractivity contribution in [1.82, 2.24) is 9.97 Å². The van der Waals surface area contributed by atoms with Gasteiger partial charge in [-0.3, -0.25) is 0 Å². The predicted molar refractivity (Wildman–Crippen MR) is 67.9 cm³/mol. The molecule has 0 saturated heterocycles. The molecular formula is C13H9ClF4N2O. The summed E-state index contributed by atoms with van der Waals surface area (Å²) in [6.45, 7) is 1.77. The van der Waals surface area contributed by atoms with Crippen molar-refractivity contribution >= 4 is 11.6 Å². The highest BCUT2D eigenvalue weighted by atomic mass is 35.5. The van der Waals surface area contributed by atoms with Crippen molar-refractivity contribution in [3.8, 4) is 11.6 Å². The topological polar surface area (TPSA) is 35.0 Å². The fourth-order valence-corrected chi connectivity index (χ4v) is 1.92.